The summed E-state index contributed by atoms with van der Waals surface area (Å²) in [5.74, 6) is 0.618. The molecule has 5 heteroatoms. The van der Waals surface area contributed by atoms with Crippen molar-refractivity contribution in [1.29, 1.82) is 0 Å². The number of hydrogen-bond donors (Lipinski definition) is 1. The number of primary sulfonamides is 1. The average Bonchev–Trinajstić information content (AvgIpc) is 2.48. The van der Waals surface area contributed by atoms with E-state index in [0.29, 0.717) is 12.3 Å². The third kappa shape index (κ3) is 4.08. The van der Waals surface area contributed by atoms with Crippen molar-refractivity contribution in [3.05, 3.63) is 21.9 Å². The normalized spacial score (nSPS) is 13.3. The van der Waals surface area contributed by atoms with Crippen LogP contribution in [0.2, 0.25) is 0 Å². The summed E-state index contributed by atoms with van der Waals surface area (Å²) in [6.45, 7) is 7.69. The predicted octanol–water partition coefficient (Wildman–Crippen LogP) is 2.56. The van der Waals surface area contributed by atoms with Gasteiger partial charge in [0.1, 0.15) is 0 Å². The summed E-state index contributed by atoms with van der Waals surface area (Å²) < 4.78 is 22.0. The highest BCUT2D eigenvalue weighted by molar-refractivity contribution is 7.90. The molecular weight excluding hydrogens is 254 g/mol. The molecule has 0 saturated heterocycles. The molecule has 1 rings (SSSR count). The van der Waals surface area contributed by atoms with E-state index in [-0.39, 0.29) is 0 Å². The number of rotatable bonds is 5. The van der Waals surface area contributed by atoms with Gasteiger partial charge in [-0.3, -0.25) is 0 Å². The van der Waals surface area contributed by atoms with Gasteiger partial charge in [0.15, 0.2) is 0 Å². The van der Waals surface area contributed by atoms with Crippen LogP contribution in [0.4, 0.5) is 0 Å². The molecule has 0 aliphatic rings. The zero-order valence-corrected chi connectivity index (χ0v) is 12.5. The summed E-state index contributed by atoms with van der Waals surface area (Å²) in [5.41, 5.74) is 0. The Labute approximate surface area is 108 Å². The second kappa shape index (κ2) is 5.08. The lowest BCUT2D eigenvalue weighted by atomic mass is 10.1. The molecule has 1 aromatic heterocycles. The largest absolute Gasteiger partial charge is 0.228 e. The Morgan fingerprint density at radius 1 is 1.29 bits per heavy atom. The Kier molecular flexibility index (Phi) is 4.38. The van der Waals surface area contributed by atoms with Crippen LogP contribution in [0.5, 0.6) is 0 Å². The van der Waals surface area contributed by atoms with Gasteiger partial charge in [-0.25, -0.2) is 13.6 Å². The van der Waals surface area contributed by atoms with E-state index in [4.69, 9.17) is 5.14 Å². The van der Waals surface area contributed by atoms with Gasteiger partial charge in [0.25, 0.3) is 0 Å². The van der Waals surface area contributed by atoms with Crippen LogP contribution in [0.3, 0.4) is 0 Å². The maximum atomic E-state index is 11.4. The lowest BCUT2D eigenvalue weighted by Crippen LogP contribution is -2.39. The molecule has 0 aliphatic carbocycles. The highest BCUT2D eigenvalue weighted by atomic mass is 32.2. The fourth-order valence-electron chi connectivity index (χ4n) is 1.55. The monoisotopic (exact) mass is 275 g/mol. The first-order valence-electron chi connectivity index (χ1n) is 5.72. The van der Waals surface area contributed by atoms with Crippen molar-refractivity contribution in [3.8, 4) is 0 Å². The molecule has 0 saturated carbocycles. The van der Waals surface area contributed by atoms with E-state index < -0.39 is 14.8 Å². The van der Waals surface area contributed by atoms with Gasteiger partial charge in [-0.05, 0) is 38.3 Å². The van der Waals surface area contributed by atoms with Crippen LogP contribution < -0.4 is 5.14 Å². The molecule has 1 heterocycles. The Morgan fingerprint density at radius 3 is 2.29 bits per heavy atom. The lowest BCUT2D eigenvalue weighted by Gasteiger charge is -2.20. The van der Waals surface area contributed by atoms with Crippen molar-refractivity contribution in [3.63, 3.8) is 0 Å². The number of sulfonamides is 1. The van der Waals surface area contributed by atoms with Crippen LogP contribution in [0.25, 0.3) is 0 Å². The first-order valence-corrected chi connectivity index (χ1v) is 8.08. The molecule has 0 aromatic carbocycles. The molecule has 98 valence electrons. The minimum absolute atomic E-state index is 0.481. The molecule has 0 bridgehead atoms. The fourth-order valence-corrected chi connectivity index (χ4v) is 3.46. The number of thiophene rings is 1. The third-order valence-corrected chi connectivity index (χ3v) is 5.49. The van der Waals surface area contributed by atoms with Crippen LogP contribution in [0.15, 0.2) is 12.1 Å². The summed E-state index contributed by atoms with van der Waals surface area (Å²) in [4.78, 5) is 2.39. The van der Waals surface area contributed by atoms with Crippen molar-refractivity contribution >= 4 is 21.4 Å². The maximum Gasteiger partial charge on any atom is 0.214 e. The van der Waals surface area contributed by atoms with Crippen molar-refractivity contribution in [2.75, 3.05) is 0 Å². The molecule has 2 N–H and O–H groups in total. The summed E-state index contributed by atoms with van der Waals surface area (Å²) in [6, 6.07) is 4.09. The zero-order valence-electron chi connectivity index (χ0n) is 10.9. The molecule has 0 aliphatic heterocycles. The molecule has 17 heavy (non-hydrogen) atoms. The second-order valence-electron chi connectivity index (χ2n) is 5.45. The van der Waals surface area contributed by atoms with E-state index in [0.717, 1.165) is 11.3 Å². The first-order chi connectivity index (χ1) is 7.62. The minimum Gasteiger partial charge on any atom is -0.228 e. The van der Waals surface area contributed by atoms with Crippen LogP contribution in [0.1, 0.15) is 37.4 Å². The van der Waals surface area contributed by atoms with Gasteiger partial charge >= 0.3 is 0 Å². The highest BCUT2D eigenvalue weighted by Gasteiger charge is 2.31. The third-order valence-electron chi connectivity index (χ3n) is 2.70. The topological polar surface area (TPSA) is 60.2 Å². The van der Waals surface area contributed by atoms with E-state index in [2.05, 4.69) is 19.9 Å². The predicted molar refractivity (Wildman–Crippen MR) is 73.8 cm³/mol. The van der Waals surface area contributed by atoms with E-state index in [1.165, 1.54) is 4.88 Å². The molecule has 1 aromatic rings. The van der Waals surface area contributed by atoms with Gasteiger partial charge in [-0.2, -0.15) is 0 Å². The molecule has 0 amide bonds. The Hall–Kier alpha value is -0.390. The van der Waals surface area contributed by atoms with E-state index in [9.17, 15) is 8.42 Å². The number of hydrogen-bond acceptors (Lipinski definition) is 3. The minimum atomic E-state index is -3.51. The Balaban J connectivity index is 2.80. The molecule has 0 fully saturated rings. The molecule has 0 spiro atoms. The van der Waals surface area contributed by atoms with Crippen molar-refractivity contribution < 1.29 is 8.42 Å². The van der Waals surface area contributed by atoms with Gasteiger partial charge in [-0.1, -0.05) is 13.8 Å². The molecular formula is C12H21NO2S2. The summed E-state index contributed by atoms with van der Waals surface area (Å²) in [5, 5.41) is 5.23. The van der Waals surface area contributed by atoms with Crippen LogP contribution in [0, 0.1) is 5.92 Å². The van der Waals surface area contributed by atoms with E-state index in [1.54, 1.807) is 25.2 Å². The number of nitrogens with two attached hydrogens (primary N) is 1. The first kappa shape index (κ1) is 14.7. The highest BCUT2D eigenvalue weighted by Crippen LogP contribution is 2.26. The standard InChI is InChI=1S/C12H21NO2S2/c1-9(2)7-10-5-6-11(16-10)8-12(3,4)17(13,14)15/h5-6,9H,7-8H2,1-4H3,(H2,13,14,15). The molecule has 3 nitrogen and oxygen atoms in total. The summed E-state index contributed by atoms with van der Waals surface area (Å²) >= 11 is 1.68. The molecule has 0 atom stereocenters. The zero-order chi connectivity index (χ0) is 13.3. The smallest absolute Gasteiger partial charge is 0.214 e. The fraction of sp³-hybridized carbons (Fsp3) is 0.667. The quantitative estimate of drug-likeness (QED) is 0.897. The van der Waals surface area contributed by atoms with Gasteiger partial charge in [0.05, 0.1) is 4.75 Å². The van der Waals surface area contributed by atoms with Crippen LogP contribution >= 0.6 is 11.3 Å². The van der Waals surface area contributed by atoms with E-state index >= 15 is 0 Å². The average molecular weight is 275 g/mol. The van der Waals surface area contributed by atoms with Gasteiger partial charge < -0.3 is 0 Å². The van der Waals surface area contributed by atoms with Crippen molar-refractivity contribution in [1.82, 2.24) is 0 Å². The maximum absolute atomic E-state index is 11.4. The van der Waals surface area contributed by atoms with Crippen LogP contribution in [-0.2, 0) is 22.9 Å². The SMILES string of the molecule is CC(C)Cc1ccc(CC(C)(C)S(N)(=O)=O)s1. The Morgan fingerprint density at radius 2 is 1.82 bits per heavy atom. The van der Waals surface area contributed by atoms with Crippen molar-refractivity contribution in [2.45, 2.75) is 45.3 Å². The lowest BCUT2D eigenvalue weighted by molar-refractivity contribution is 0.547. The Bertz CT molecular complexity index is 472. The van der Waals surface area contributed by atoms with E-state index in [1.807, 2.05) is 6.07 Å². The van der Waals surface area contributed by atoms with Gasteiger partial charge in [-0.15, -0.1) is 11.3 Å². The summed E-state index contributed by atoms with van der Waals surface area (Å²) in [7, 11) is -3.51. The second-order valence-corrected chi connectivity index (χ2v) is 8.90. The summed E-state index contributed by atoms with van der Waals surface area (Å²) in [6.07, 6.45) is 1.52. The van der Waals surface area contributed by atoms with Crippen molar-refractivity contribution in [2.24, 2.45) is 11.1 Å². The van der Waals surface area contributed by atoms with Gasteiger partial charge in [0, 0.05) is 16.2 Å². The van der Waals surface area contributed by atoms with Crippen LogP contribution in [-0.4, -0.2) is 13.2 Å². The molecule has 0 unspecified atom stereocenters. The molecule has 0 radical (unpaired) electrons. The van der Waals surface area contributed by atoms with Gasteiger partial charge in [0.2, 0.25) is 10.0 Å².